The Labute approximate surface area is 113 Å². The van der Waals surface area contributed by atoms with Crippen molar-refractivity contribution >= 4 is 5.82 Å². The third-order valence-corrected chi connectivity index (χ3v) is 2.90. The molecule has 0 spiro atoms. The summed E-state index contributed by atoms with van der Waals surface area (Å²) in [5.74, 6) is 2.03. The topological polar surface area (TPSA) is 61.0 Å². The fourth-order valence-corrected chi connectivity index (χ4v) is 1.91. The quantitative estimate of drug-likeness (QED) is 0.914. The lowest BCUT2D eigenvalue weighted by Gasteiger charge is -2.13. The Balaban J connectivity index is 2.52. The van der Waals surface area contributed by atoms with Gasteiger partial charge in [0.2, 0.25) is 0 Å². The minimum Gasteiger partial charge on any atom is -0.493 e. The molecule has 0 aliphatic carbocycles. The SMILES string of the molecule is CCCOc1ccccc1-c1nc(C)nc(N)c1C. The van der Waals surface area contributed by atoms with Crippen molar-refractivity contribution < 1.29 is 4.74 Å². The molecule has 19 heavy (non-hydrogen) atoms. The summed E-state index contributed by atoms with van der Waals surface area (Å²) >= 11 is 0. The van der Waals surface area contributed by atoms with Crippen molar-refractivity contribution in [3.05, 3.63) is 35.7 Å². The van der Waals surface area contributed by atoms with Crippen molar-refractivity contribution in [3.8, 4) is 17.0 Å². The summed E-state index contributed by atoms with van der Waals surface area (Å²) in [6, 6.07) is 7.89. The van der Waals surface area contributed by atoms with E-state index in [1.54, 1.807) is 0 Å². The van der Waals surface area contributed by atoms with Crippen LogP contribution in [0.25, 0.3) is 11.3 Å². The van der Waals surface area contributed by atoms with E-state index in [0.717, 1.165) is 29.0 Å². The molecule has 1 aromatic carbocycles. The van der Waals surface area contributed by atoms with E-state index in [2.05, 4.69) is 16.9 Å². The van der Waals surface area contributed by atoms with Crippen LogP contribution in [-0.2, 0) is 0 Å². The number of ether oxygens (including phenoxy) is 1. The molecular weight excluding hydrogens is 238 g/mol. The van der Waals surface area contributed by atoms with Crippen LogP contribution in [0.15, 0.2) is 24.3 Å². The first-order valence-corrected chi connectivity index (χ1v) is 6.46. The Hall–Kier alpha value is -2.10. The minimum absolute atomic E-state index is 0.521. The molecule has 0 saturated carbocycles. The number of nitrogen functional groups attached to an aromatic ring is 1. The zero-order valence-electron chi connectivity index (χ0n) is 11.6. The number of benzene rings is 1. The van der Waals surface area contributed by atoms with Gasteiger partial charge >= 0.3 is 0 Å². The van der Waals surface area contributed by atoms with Gasteiger partial charge in [0.15, 0.2) is 0 Å². The lowest BCUT2D eigenvalue weighted by Crippen LogP contribution is -2.04. The number of nitrogens with two attached hydrogens (primary N) is 1. The zero-order valence-corrected chi connectivity index (χ0v) is 11.6. The largest absolute Gasteiger partial charge is 0.493 e. The van der Waals surface area contributed by atoms with Crippen molar-refractivity contribution in [1.29, 1.82) is 0 Å². The lowest BCUT2D eigenvalue weighted by atomic mass is 10.1. The Kier molecular flexibility index (Phi) is 4.00. The van der Waals surface area contributed by atoms with E-state index >= 15 is 0 Å². The smallest absolute Gasteiger partial charge is 0.130 e. The molecule has 2 aromatic rings. The maximum Gasteiger partial charge on any atom is 0.130 e. The van der Waals surface area contributed by atoms with Gasteiger partial charge in [0.05, 0.1) is 12.3 Å². The molecule has 4 nitrogen and oxygen atoms in total. The lowest BCUT2D eigenvalue weighted by molar-refractivity contribution is 0.318. The van der Waals surface area contributed by atoms with Crippen LogP contribution in [0.3, 0.4) is 0 Å². The molecule has 100 valence electrons. The average Bonchev–Trinajstić information content (AvgIpc) is 2.41. The third kappa shape index (κ3) is 2.84. The average molecular weight is 257 g/mol. The molecule has 0 amide bonds. The van der Waals surface area contributed by atoms with Crippen molar-refractivity contribution in [2.45, 2.75) is 27.2 Å². The van der Waals surface area contributed by atoms with Gasteiger partial charge in [-0.2, -0.15) is 0 Å². The van der Waals surface area contributed by atoms with E-state index in [0.29, 0.717) is 18.2 Å². The number of hydrogen-bond acceptors (Lipinski definition) is 4. The second kappa shape index (κ2) is 5.69. The highest BCUT2D eigenvalue weighted by atomic mass is 16.5. The Morgan fingerprint density at radius 2 is 1.89 bits per heavy atom. The monoisotopic (exact) mass is 257 g/mol. The van der Waals surface area contributed by atoms with Crippen LogP contribution in [0.2, 0.25) is 0 Å². The van der Waals surface area contributed by atoms with Crippen LogP contribution in [0.1, 0.15) is 24.7 Å². The molecule has 0 aliphatic heterocycles. The Bertz CT molecular complexity index is 582. The van der Waals surface area contributed by atoms with Crippen molar-refractivity contribution in [2.75, 3.05) is 12.3 Å². The van der Waals surface area contributed by atoms with Gasteiger partial charge < -0.3 is 10.5 Å². The minimum atomic E-state index is 0.521. The summed E-state index contributed by atoms with van der Waals surface area (Å²) in [4.78, 5) is 8.68. The van der Waals surface area contributed by atoms with Gasteiger partial charge in [-0.3, -0.25) is 0 Å². The van der Waals surface area contributed by atoms with E-state index < -0.39 is 0 Å². The molecule has 1 heterocycles. The van der Waals surface area contributed by atoms with Gasteiger partial charge in [-0.05, 0) is 32.4 Å². The second-order valence-corrected chi connectivity index (χ2v) is 4.47. The summed E-state index contributed by atoms with van der Waals surface area (Å²) in [7, 11) is 0. The fourth-order valence-electron chi connectivity index (χ4n) is 1.91. The number of hydrogen-bond donors (Lipinski definition) is 1. The number of rotatable bonds is 4. The van der Waals surface area contributed by atoms with E-state index in [-0.39, 0.29) is 0 Å². The highest BCUT2D eigenvalue weighted by molar-refractivity contribution is 5.72. The first kappa shape index (κ1) is 13.3. The predicted molar refractivity (Wildman–Crippen MR) is 77.1 cm³/mol. The van der Waals surface area contributed by atoms with Crippen LogP contribution < -0.4 is 10.5 Å². The van der Waals surface area contributed by atoms with Crippen LogP contribution in [0, 0.1) is 13.8 Å². The van der Waals surface area contributed by atoms with Gasteiger partial charge in [-0.25, -0.2) is 9.97 Å². The van der Waals surface area contributed by atoms with Crippen LogP contribution in [0.4, 0.5) is 5.82 Å². The van der Waals surface area contributed by atoms with Crippen molar-refractivity contribution in [1.82, 2.24) is 9.97 Å². The molecule has 0 saturated heterocycles. The summed E-state index contributed by atoms with van der Waals surface area (Å²) in [6.45, 7) is 6.55. The molecule has 0 bridgehead atoms. The second-order valence-electron chi connectivity index (χ2n) is 4.47. The van der Waals surface area contributed by atoms with Crippen LogP contribution >= 0.6 is 0 Å². The van der Waals surface area contributed by atoms with Crippen molar-refractivity contribution in [2.24, 2.45) is 0 Å². The normalized spacial score (nSPS) is 10.5. The van der Waals surface area contributed by atoms with Gasteiger partial charge in [0, 0.05) is 11.1 Å². The van der Waals surface area contributed by atoms with E-state index in [9.17, 15) is 0 Å². The highest BCUT2D eigenvalue weighted by Gasteiger charge is 2.13. The fraction of sp³-hybridized carbons (Fsp3) is 0.333. The molecule has 0 aliphatic rings. The summed E-state index contributed by atoms with van der Waals surface area (Å²) in [6.07, 6.45) is 0.970. The molecule has 2 N–H and O–H groups in total. The van der Waals surface area contributed by atoms with E-state index in [1.165, 1.54) is 0 Å². The molecule has 0 radical (unpaired) electrons. The molecule has 2 rings (SSSR count). The Morgan fingerprint density at radius 3 is 2.63 bits per heavy atom. The first-order valence-electron chi connectivity index (χ1n) is 6.46. The number of aryl methyl sites for hydroxylation is 1. The summed E-state index contributed by atoms with van der Waals surface area (Å²) < 4.78 is 5.77. The van der Waals surface area contributed by atoms with Crippen molar-refractivity contribution in [3.63, 3.8) is 0 Å². The van der Waals surface area contributed by atoms with E-state index in [4.69, 9.17) is 10.5 Å². The molecule has 4 heteroatoms. The third-order valence-electron chi connectivity index (χ3n) is 2.90. The summed E-state index contributed by atoms with van der Waals surface area (Å²) in [5.41, 5.74) is 8.61. The molecule has 0 atom stereocenters. The van der Waals surface area contributed by atoms with Gasteiger partial charge in [0.1, 0.15) is 17.4 Å². The van der Waals surface area contributed by atoms with Gasteiger partial charge in [0.25, 0.3) is 0 Å². The number of para-hydroxylation sites is 1. The first-order chi connectivity index (χ1) is 9.13. The number of nitrogens with zero attached hydrogens (tertiary/aromatic N) is 2. The standard InChI is InChI=1S/C15H19N3O/c1-4-9-19-13-8-6-5-7-12(13)14-10(2)15(16)18-11(3)17-14/h5-8H,4,9H2,1-3H3,(H2,16,17,18). The molecule has 0 unspecified atom stereocenters. The van der Waals surface area contributed by atoms with Gasteiger partial charge in [-0.15, -0.1) is 0 Å². The number of aromatic nitrogens is 2. The predicted octanol–water partition coefficient (Wildman–Crippen LogP) is 3.13. The van der Waals surface area contributed by atoms with E-state index in [1.807, 2.05) is 38.1 Å². The Morgan fingerprint density at radius 1 is 1.16 bits per heavy atom. The molecular formula is C15H19N3O. The number of anilines is 1. The molecule has 0 fully saturated rings. The maximum absolute atomic E-state index is 5.92. The van der Waals surface area contributed by atoms with Crippen LogP contribution in [0.5, 0.6) is 5.75 Å². The summed E-state index contributed by atoms with van der Waals surface area (Å²) in [5, 5.41) is 0. The zero-order chi connectivity index (χ0) is 13.8. The highest BCUT2D eigenvalue weighted by Crippen LogP contribution is 2.32. The molecule has 1 aromatic heterocycles. The van der Waals surface area contributed by atoms with Crippen LogP contribution in [-0.4, -0.2) is 16.6 Å². The maximum atomic E-state index is 5.92. The van der Waals surface area contributed by atoms with Gasteiger partial charge in [-0.1, -0.05) is 19.1 Å².